The number of aliphatic hydroxyl groups excluding tert-OH is 1. The first-order chi connectivity index (χ1) is 18.0. The molecular weight excluding hydrogens is 470 g/mol. The molecule has 196 valence electrons. The first kappa shape index (κ1) is 25.2. The van der Waals surface area contributed by atoms with Gasteiger partial charge in [-0.05, 0) is 25.1 Å². The third kappa shape index (κ3) is 5.05. The predicted octanol–water partition coefficient (Wildman–Crippen LogP) is 4.25. The monoisotopic (exact) mass is 505 g/mol. The van der Waals surface area contributed by atoms with Gasteiger partial charge in [0.2, 0.25) is 0 Å². The van der Waals surface area contributed by atoms with E-state index < -0.39 is 12.3 Å². The van der Waals surface area contributed by atoms with Crippen molar-refractivity contribution in [2.75, 3.05) is 47.5 Å². The first-order valence-corrected chi connectivity index (χ1v) is 12.6. The second kappa shape index (κ2) is 10.9. The number of aromatic amines is 1. The maximum Gasteiger partial charge on any atom is 0.178 e. The molecule has 3 aromatic carbocycles. The normalized spacial score (nSPS) is 16.6. The standard InChI is InChI=1S/C29H35N3O5/c1-19(33)29(37-25-11-7-10-24-28(25)21-8-5-6-9-23(21)30-24)32-14-12-31(13-15-32)18-22-26(35-3)16-20(34-2)17-27(22)36-4/h5-11,16-17,19,29-30,33H,12-15,18H2,1-4H3. The van der Waals surface area contributed by atoms with E-state index in [-0.39, 0.29) is 0 Å². The highest BCUT2D eigenvalue weighted by atomic mass is 16.5. The molecule has 4 aromatic rings. The topological polar surface area (TPSA) is 79.4 Å². The Kier molecular flexibility index (Phi) is 7.41. The van der Waals surface area contributed by atoms with Crippen molar-refractivity contribution in [3.63, 3.8) is 0 Å². The number of aliphatic hydroxyl groups is 1. The smallest absolute Gasteiger partial charge is 0.178 e. The maximum atomic E-state index is 10.7. The summed E-state index contributed by atoms with van der Waals surface area (Å²) in [5.74, 6) is 2.96. The third-order valence-corrected chi connectivity index (χ3v) is 7.12. The number of nitrogens with zero attached hydrogens (tertiary/aromatic N) is 2. The van der Waals surface area contributed by atoms with Crippen LogP contribution in [0.1, 0.15) is 12.5 Å². The highest BCUT2D eigenvalue weighted by Crippen LogP contribution is 2.36. The molecule has 1 aromatic heterocycles. The van der Waals surface area contributed by atoms with Gasteiger partial charge in [0.1, 0.15) is 29.1 Å². The molecule has 0 aliphatic carbocycles. The van der Waals surface area contributed by atoms with Crippen molar-refractivity contribution in [1.29, 1.82) is 0 Å². The molecule has 2 unspecified atom stereocenters. The predicted molar refractivity (Wildman–Crippen MR) is 145 cm³/mol. The van der Waals surface area contributed by atoms with Crippen molar-refractivity contribution in [1.82, 2.24) is 14.8 Å². The average Bonchev–Trinajstić information content (AvgIpc) is 3.31. The molecule has 0 radical (unpaired) electrons. The van der Waals surface area contributed by atoms with Crippen LogP contribution in [0.15, 0.2) is 54.6 Å². The molecule has 8 heteroatoms. The fourth-order valence-electron chi connectivity index (χ4n) is 5.21. The highest BCUT2D eigenvalue weighted by Gasteiger charge is 2.30. The quantitative estimate of drug-likeness (QED) is 0.352. The number of hydrogen-bond donors (Lipinski definition) is 2. The van der Waals surface area contributed by atoms with Gasteiger partial charge in [0, 0.05) is 61.1 Å². The van der Waals surface area contributed by atoms with Crippen molar-refractivity contribution < 1.29 is 24.1 Å². The molecule has 1 saturated heterocycles. The maximum absolute atomic E-state index is 10.7. The Morgan fingerprint density at radius 3 is 2.16 bits per heavy atom. The minimum atomic E-state index is -0.659. The zero-order chi connectivity index (χ0) is 25.9. The molecular formula is C29H35N3O5. The Morgan fingerprint density at radius 1 is 0.838 bits per heavy atom. The summed E-state index contributed by atoms with van der Waals surface area (Å²) in [4.78, 5) is 8.05. The lowest BCUT2D eigenvalue weighted by Crippen LogP contribution is -2.55. The number of hydrogen-bond acceptors (Lipinski definition) is 7. The second-order valence-electron chi connectivity index (χ2n) is 9.42. The van der Waals surface area contributed by atoms with Gasteiger partial charge in [0.05, 0.1) is 32.4 Å². The van der Waals surface area contributed by atoms with Gasteiger partial charge >= 0.3 is 0 Å². The average molecular weight is 506 g/mol. The summed E-state index contributed by atoms with van der Waals surface area (Å²) in [5, 5.41) is 12.9. The second-order valence-corrected chi connectivity index (χ2v) is 9.42. The summed E-state index contributed by atoms with van der Waals surface area (Å²) in [7, 11) is 4.95. The molecule has 1 aliphatic heterocycles. The molecule has 8 nitrogen and oxygen atoms in total. The zero-order valence-electron chi connectivity index (χ0n) is 21.9. The SMILES string of the molecule is COc1cc(OC)c(CN2CCN(C(Oc3cccc4[nH]c5ccccc5c34)C(C)O)CC2)c(OC)c1. The zero-order valence-corrected chi connectivity index (χ0v) is 21.9. The van der Waals surface area contributed by atoms with Crippen LogP contribution in [0.3, 0.4) is 0 Å². The van der Waals surface area contributed by atoms with E-state index >= 15 is 0 Å². The number of nitrogens with one attached hydrogen (secondary N) is 1. The molecule has 2 N–H and O–H groups in total. The molecule has 1 aliphatic rings. The number of rotatable bonds is 9. The van der Waals surface area contributed by atoms with Crippen LogP contribution in [0.2, 0.25) is 0 Å². The van der Waals surface area contributed by atoms with E-state index in [1.54, 1.807) is 28.3 Å². The van der Waals surface area contributed by atoms with E-state index in [9.17, 15) is 5.11 Å². The van der Waals surface area contributed by atoms with Crippen molar-refractivity contribution >= 4 is 21.8 Å². The molecule has 37 heavy (non-hydrogen) atoms. The molecule has 0 amide bonds. The van der Waals surface area contributed by atoms with Gasteiger partial charge in [0.25, 0.3) is 0 Å². The van der Waals surface area contributed by atoms with Crippen molar-refractivity contribution in [3.05, 3.63) is 60.2 Å². The van der Waals surface area contributed by atoms with E-state index in [1.165, 1.54) is 0 Å². The molecule has 0 saturated carbocycles. The number of piperazine rings is 1. The molecule has 1 fully saturated rings. The number of methoxy groups -OCH3 is 3. The van der Waals surface area contributed by atoms with E-state index in [1.807, 2.05) is 36.4 Å². The minimum Gasteiger partial charge on any atom is -0.496 e. The van der Waals surface area contributed by atoms with Gasteiger partial charge in [-0.2, -0.15) is 0 Å². The fourth-order valence-corrected chi connectivity index (χ4v) is 5.21. The summed E-state index contributed by atoms with van der Waals surface area (Å²) in [6.45, 7) is 5.66. The number of benzene rings is 3. The number of H-pyrrole nitrogens is 1. The highest BCUT2D eigenvalue weighted by molar-refractivity contribution is 6.10. The Bertz CT molecular complexity index is 1340. The Labute approximate surface area is 217 Å². The van der Waals surface area contributed by atoms with Gasteiger partial charge in [-0.1, -0.05) is 24.3 Å². The van der Waals surface area contributed by atoms with Crippen molar-refractivity contribution in [3.8, 4) is 23.0 Å². The number of fused-ring (bicyclic) bond motifs is 3. The van der Waals surface area contributed by atoms with Gasteiger partial charge in [0.15, 0.2) is 6.23 Å². The van der Waals surface area contributed by atoms with Crippen molar-refractivity contribution in [2.45, 2.75) is 25.8 Å². The molecule has 2 heterocycles. The largest absolute Gasteiger partial charge is 0.496 e. The summed E-state index contributed by atoms with van der Waals surface area (Å²) >= 11 is 0. The van der Waals surface area contributed by atoms with E-state index in [4.69, 9.17) is 18.9 Å². The lowest BCUT2D eigenvalue weighted by molar-refractivity contribution is -0.0745. The molecule has 5 rings (SSSR count). The lowest BCUT2D eigenvalue weighted by atomic mass is 10.1. The minimum absolute atomic E-state index is 0.452. The van der Waals surface area contributed by atoms with Crippen LogP contribution in [0.25, 0.3) is 21.8 Å². The summed E-state index contributed by atoms with van der Waals surface area (Å²) in [6.07, 6.45) is -1.11. The van der Waals surface area contributed by atoms with Crippen LogP contribution in [0.5, 0.6) is 23.0 Å². The molecule has 2 atom stereocenters. The van der Waals surface area contributed by atoms with E-state index in [0.717, 1.165) is 70.8 Å². The summed E-state index contributed by atoms with van der Waals surface area (Å²) in [5.41, 5.74) is 3.09. The van der Waals surface area contributed by atoms with E-state index in [0.29, 0.717) is 12.3 Å². The number of ether oxygens (including phenoxy) is 4. The first-order valence-electron chi connectivity index (χ1n) is 12.6. The molecule has 0 spiro atoms. The van der Waals surface area contributed by atoms with Crippen LogP contribution in [0.4, 0.5) is 0 Å². The van der Waals surface area contributed by atoms with Crippen LogP contribution in [-0.4, -0.2) is 79.7 Å². The molecule has 0 bridgehead atoms. The summed E-state index contributed by atoms with van der Waals surface area (Å²) in [6, 6.07) is 18.0. The van der Waals surface area contributed by atoms with Gasteiger partial charge in [-0.3, -0.25) is 9.80 Å². The Hall–Kier alpha value is -3.46. The Balaban J connectivity index is 1.32. The van der Waals surface area contributed by atoms with Crippen LogP contribution in [0, 0.1) is 0 Å². The van der Waals surface area contributed by atoms with E-state index in [2.05, 4.69) is 33.0 Å². The fraction of sp³-hybridized carbons (Fsp3) is 0.379. The van der Waals surface area contributed by atoms with Crippen LogP contribution < -0.4 is 18.9 Å². The van der Waals surface area contributed by atoms with Gasteiger partial charge in [-0.15, -0.1) is 0 Å². The summed E-state index contributed by atoms with van der Waals surface area (Å²) < 4.78 is 23.2. The number of aromatic nitrogens is 1. The third-order valence-electron chi connectivity index (χ3n) is 7.12. The van der Waals surface area contributed by atoms with Crippen LogP contribution in [-0.2, 0) is 6.54 Å². The van der Waals surface area contributed by atoms with Gasteiger partial charge < -0.3 is 29.0 Å². The number of para-hydroxylation sites is 1. The van der Waals surface area contributed by atoms with Gasteiger partial charge in [-0.25, -0.2) is 0 Å². The van der Waals surface area contributed by atoms with Crippen molar-refractivity contribution in [2.24, 2.45) is 0 Å². The van der Waals surface area contributed by atoms with Crippen LogP contribution >= 0.6 is 0 Å². The lowest BCUT2D eigenvalue weighted by Gasteiger charge is -2.40. The Morgan fingerprint density at radius 2 is 1.51 bits per heavy atom.